The number of Topliss-reactive ketones (excluding diaryl/α,β-unsaturated/α-hetero) is 1. The third-order valence-electron chi connectivity index (χ3n) is 6.33. The number of benzene rings is 3. The lowest BCUT2D eigenvalue weighted by Gasteiger charge is -2.24. The topological polar surface area (TPSA) is 20.3 Å². The van der Waals surface area contributed by atoms with Crippen LogP contribution in [0.3, 0.4) is 0 Å². The van der Waals surface area contributed by atoms with Gasteiger partial charge >= 0.3 is 0 Å². The zero-order chi connectivity index (χ0) is 20.8. The molecule has 1 aliphatic heterocycles. The molecule has 2 nitrogen and oxygen atoms in total. The second-order valence-corrected chi connectivity index (χ2v) is 8.38. The number of ketones is 1. The van der Waals surface area contributed by atoms with Gasteiger partial charge in [0.15, 0.2) is 5.78 Å². The van der Waals surface area contributed by atoms with Crippen molar-refractivity contribution in [2.45, 2.75) is 45.1 Å². The van der Waals surface area contributed by atoms with Crippen molar-refractivity contribution in [2.75, 3.05) is 13.1 Å². The number of carbonyl (C=O) groups is 1. The highest BCUT2D eigenvalue weighted by Gasteiger charge is 2.19. The van der Waals surface area contributed by atoms with E-state index in [-0.39, 0.29) is 5.78 Å². The van der Waals surface area contributed by atoms with Crippen molar-refractivity contribution in [3.63, 3.8) is 0 Å². The highest BCUT2D eigenvalue weighted by molar-refractivity contribution is 5.96. The fourth-order valence-corrected chi connectivity index (χ4v) is 4.38. The van der Waals surface area contributed by atoms with Crippen molar-refractivity contribution in [3.05, 3.63) is 95.6 Å². The fraction of sp³-hybridized carbons (Fsp3) is 0.321. The smallest absolute Gasteiger partial charge is 0.162 e. The largest absolute Gasteiger partial charge is 0.297 e. The van der Waals surface area contributed by atoms with Gasteiger partial charge in [-0.1, -0.05) is 78.9 Å². The van der Waals surface area contributed by atoms with E-state index >= 15 is 0 Å². The molecule has 1 atom stereocenters. The first-order chi connectivity index (χ1) is 14.7. The number of aryl methyl sites for hydroxylation is 1. The predicted octanol–water partition coefficient (Wildman–Crippen LogP) is 6.72. The van der Waals surface area contributed by atoms with Crippen LogP contribution >= 0.6 is 0 Å². The first-order valence-electron chi connectivity index (χ1n) is 11.2. The lowest BCUT2D eigenvalue weighted by Crippen LogP contribution is -2.23. The molecule has 0 saturated carbocycles. The van der Waals surface area contributed by atoms with Gasteiger partial charge in [-0.3, -0.25) is 9.69 Å². The maximum Gasteiger partial charge on any atom is 0.162 e. The Balaban J connectivity index is 1.27. The Hall–Kier alpha value is -2.71. The molecule has 0 N–H and O–H groups in total. The van der Waals surface area contributed by atoms with Gasteiger partial charge in [-0.15, -0.1) is 0 Å². The Bertz CT molecular complexity index is 938. The number of carbonyl (C=O) groups excluding carboxylic acids is 1. The summed E-state index contributed by atoms with van der Waals surface area (Å²) < 4.78 is 0. The van der Waals surface area contributed by atoms with Gasteiger partial charge in [-0.05, 0) is 68.0 Å². The maximum absolute atomic E-state index is 12.6. The first kappa shape index (κ1) is 20.6. The van der Waals surface area contributed by atoms with Crippen molar-refractivity contribution in [2.24, 2.45) is 0 Å². The maximum atomic E-state index is 12.6. The highest BCUT2D eigenvalue weighted by atomic mass is 16.1. The molecule has 1 aliphatic rings. The normalized spacial score (nSPS) is 15.2. The van der Waals surface area contributed by atoms with Crippen LogP contribution in [-0.2, 0) is 6.42 Å². The van der Waals surface area contributed by atoms with E-state index in [2.05, 4.69) is 48.2 Å². The summed E-state index contributed by atoms with van der Waals surface area (Å²) in [5, 5.41) is 0. The number of hydrogen-bond acceptors (Lipinski definition) is 2. The van der Waals surface area contributed by atoms with Crippen LogP contribution in [0.25, 0.3) is 11.1 Å². The summed E-state index contributed by atoms with van der Waals surface area (Å²) >= 11 is 0. The molecule has 0 radical (unpaired) electrons. The van der Waals surface area contributed by atoms with Crippen LogP contribution in [0.5, 0.6) is 0 Å². The quantitative estimate of drug-likeness (QED) is 0.393. The fourth-order valence-electron chi connectivity index (χ4n) is 4.38. The molecule has 2 heteroatoms. The van der Waals surface area contributed by atoms with Gasteiger partial charge in [-0.2, -0.15) is 0 Å². The molecule has 4 rings (SSSR count). The molecule has 0 spiro atoms. The van der Waals surface area contributed by atoms with E-state index in [0.29, 0.717) is 12.5 Å². The Morgan fingerprint density at radius 3 is 2.13 bits per heavy atom. The molecule has 1 fully saturated rings. The molecule has 1 heterocycles. The van der Waals surface area contributed by atoms with Gasteiger partial charge in [0.2, 0.25) is 0 Å². The number of hydrogen-bond donors (Lipinski definition) is 0. The zero-order valence-electron chi connectivity index (χ0n) is 17.9. The Morgan fingerprint density at radius 1 is 0.833 bits per heavy atom. The van der Waals surface area contributed by atoms with Crippen molar-refractivity contribution >= 4 is 5.78 Å². The molecule has 0 aromatic heterocycles. The van der Waals surface area contributed by atoms with Gasteiger partial charge in [0.1, 0.15) is 0 Å². The predicted molar refractivity (Wildman–Crippen MR) is 125 cm³/mol. The van der Waals surface area contributed by atoms with E-state index in [1.54, 1.807) is 0 Å². The first-order valence-corrected chi connectivity index (χ1v) is 11.2. The summed E-state index contributed by atoms with van der Waals surface area (Å²) in [6.45, 7) is 4.75. The van der Waals surface area contributed by atoms with Crippen molar-refractivity contribution in [1.82, 2.24) is 4.90 Å². The molecule has 0 aliphatic carbocycles. The van der Waals surface area contributed by atoms with E-state index in [4.69, 9.17) is 0 Å². The molecular weight excluding hydrogens is 366 g/mol. The third-order valence-corrected chi connectivity index (χ3v) is 6.33. The Labute approximate surface area is 180 Å². The number of rotatable bonds is 8. The molecular formula is C28H31NO. The third kappa shape index (κ3) is 5.06. The molecule has 30 heavy (non-hydrogen) atoms. The zero-order valence-corrected chi connectivity index (χ0v) is 17.9. The van der Waals surface area contributed by atoms with E-state index in [9.17, 15) is 4.79 Å². The minimum Gasteiger partial charge on any atom is -0.297 e. The van der Waals surface area contributed by atoms with E-state index in [1.807, 2.05) is 42.5 Å². The molecule has 3 aromatic rings. The van der Waals surface area contributed by atoms with E-state index in [0.717, 1.165) is 24.0 Å². The van der Waals surface area contributed by atoms with Gasteiger partial charge < -0.3 is 0 Å². The molecule has 0 bridgehead atoms. The van der Waals surface area contributed by atoms with Gasteiger partial charge in [0.25, 0.3) is 0 Å². The average Bonchev–Trinajstić information content (AvgIpc) is 3.35. The van der Waals surface area contributed by atoms with Crippen LogP contribution in [0.2, 0.25) is 0 Å². The van der Waals surface area contributed by atoms with Gasteiger partial charge in [-0.25, -0.2) is 0 Å². The minimum absolute atomic E-state index is 0.230. The van der Waals surface area contributed by atoms with Gasteiger partial charge in [0.05, 0.1) is 0 Å². The van der Waals surface area contributed by atoms with Crippen LogP contribution in [0.1, 0.15) is 60.1 Å². The average molecular weight is 398 g/mol. The van der Waals surface area contributed by atoms with Crippen molar-refractivity contribution in [3.8, 4) is 11.1 Å². The minimum atomic E-state index is 0.230. The SMILES string of the molecule is CC(c1ccc(CCCC(=O)c2ccc(-c3ccccc3)cc2)cc1)N1CCCC1. The summed E-state index contributed by atoms with van der Waals surface area (Å²) in [6, 6.07) is 27.8. The summed E-state index contributed by atoms with van der Waals surface area (Å²) in [5.41, 5.74) is 5.86. The highest BCUT2D eigenvalue weighted by Crippen LogP contribution is 2.25. The number of nitrogens with zero attached hydrogens (tertiary/aromatic N) is 1. The Morgan fingerprint density at radius 2 is 1.47 bits per heavy atom. The van der Waals surface area contributed by atoms with E-state index in [1.165, 1.54) is 42.6 Å². The Kier molecular flexibility index (Phi) is 6.76. The number of likely N-dealkylation sites (tertiary alicyclic amines) is 1. The lowest BCUT2D eigenvalue weighted by molar-refractivity contribution is 0.0980. The summed E-state index contributed by atoms with van der Waals surface area (Å²) in [6.07, 6.45) is 5.08. The van der Waals surface area contributed by atoms with Crippen LogP contribution in [0.4, 0.5) is 0 Å². The monoisotopic (exact) mass is 397 g/mol. The van der Waals surface area contributed by atoms with Crippen molar-refractivity contribution < 1.29 is 4.79 Å². The van der Waals surface area contributed by atoms with Crippen molar-refractivity contribution in [1.29, 1.82) is 0 Å². The van der Waals surface area contributed by atoms with Crippen LogP contribution < -0.4 is 0 Å². The van der Waals surface area contributed by atoms with E-state index < -0.39 is 0 Å². The summed E-state index contributed by atoms with van der Waals surface area (Å²) in [7, 11) is 0. The molecule has 3 aromatic carbocycles. The molecule has 0 amide bonds. The van der Waals surface area contributed by atoms with Crippen LogP contribution in [-0.4, -0.2) is 23.8 Å². The molecule has 154 valence electrons. The summed E-state index contributed by atoms with van der Waals surface area (Å²) in [4.78, 5) is 15.1. The molecule has 1 unspecified atom stereocenters. The summed E-state index contributed by atoms with van der Waals surface area (Å²) in [5.74, 6) is 0.230. The van der Waals surface area contributed by atoms with Crippen LogP contribution in [0, 0.1) is 0 Å². The molecule has 1 saturated heterocycles. The van der Waals surface area contributed by atoms with Crippen LogP contribution in [0.15, 0.2) is 78.9 Å². The second kappa shape index (κ2) is 9.86. The lowest BCUT2D eigenvalue weighted by atomic mass is 9.98. The van der Waals surface area contributed by atoms with Gasteiger partial charge in [0, 0.05) is 18.0 Å². The standard InChI is InChI=1S/C28H31NO/c1-22(29-20-5-6-21-29)24-14-12-23(13-15-24)8-7-11-28(30)27-18-16-26(17-19-27)25-9-3-2-4-10-25/h2-4,9-10,12-19,22H,5-8,11,20-21H2,1H3. The second-order valence-electron chi connectivity index (χ2n) is 8.38.